The minimum absolute atomic E-state index is 0. The third-order valence-electron chi connectivity index (χ3n) is 5.38. The highest BCUT2D eigenvalue weighted by Crippen LogP contribution is 2.17. The Hall–Kier alpha value is -1.63. The fourth-order valence-corrected chi connectivity index (χ4v) is 3.58. The minimum Gasteiger partial charge on any atom is -0.480 e. The molecule has 1 aliphatic rings. The van der Waals surface area contributed by atoms with Gasteiger partial charge in [0.15, 0.2) is 0 Å². The van der Waals surface area contributed by atoms with E-state index in [1.165, 1.54) is 5.56 Å². The van der Waals surface area contributed by atoms with Gasteiger partial charge in [-0.15, -0.1) is 12.4 Å². The largest absolute Gasteiger partial charge is 0.480 e. The van der Waals surface area contributed by atoms with Crippen LogP contribution in [0.1, 0.15) is 37.3 Å². The number of halogens is 1. The summed E-state index contributed by atoms with van der Waals surface area (Å²) in [5.74, 6) is -0.747. The maximum Gasteiger partial charge on any atom is 0.317 e. The Bertz CT molecular complexity index is 626. The van der Waals surface area contributed by atoms with Crippen molar-refractivity contribution in [2.24, 2.45) is 0 Å². The van der Waals surface area contributed by atoms with Gasteiger partial charge < -0.3 is 10.4 Å². The van der Waals surface area contributed by atoms with Crippen molar-refractivity contribution in [2.75, 3.05) is 26.7 Å². The normalized spacial score (nSPS) is 19.0. The summed E-state index contributed by atoms with van der Waals surface area (Å²) in [7, 11) is 1.87. The number of carboxylic acid groups (broad SMARTS) is 1. The lowest BCUT2D eigenvalue weighted by molar-refractivity contribution is -0.138. The van der Waals surface area contributed by atoms with E-state index >= 15 is 0 Å². The van der Waals surface area contributed by atoms with Crippen molar-refractivity contribution in [3.05, 3.63) is 35.4 Å². The molecule has 1 heterocycles. The van der Waals surface area contributed by atoms with E-state index in [1.807, 2.05) is 50.1 Å². The first kappa shape index (κ1) is 23.4. The minimum atomic E-state index is -0.794. The predicted octanol–water partition coefficient (Wildman–Crippen LogP) is 2.29. The first-order valence-corrected chi connectivity index (χ1v) is 9.36. The number of nitrogens with zero attached hydrogens (tertiary/aromatic N) is 2. The number of carbonyl (C=O) groups excluding carboxylic acids is 1. The zero-order chi connectivity index (χ0) is 19.1. The SMILES string of the molecule is Cc1ccccc1CNC(=O)C(C)N1CCCC(N(C)CC(=O)O)CC1.Cl. The van der Waals surface area contributed by atoms with Crippen LogP contribution in [0.2, 0.25) is 0 Å². The van der Waals surface area contributed by atoms with Crippen LogP contribution in [0.3, 0.4) is 0 Å². The van der Waals surface area contributed by atoms with Gasteiger partial charge in [0, 0.05) is 19.1 Å². The number of hydrogen-bond donors (Lipinski definition) is 2. The van der Waals surface area contributed by atoms with E-state index in [1.54, 1.807) is 0 Å². The number of likely N-dealkylation sites (tertiary alicyclic amines) is 1. The van der Waals surface area contributed by atoms with Crippen LogP contribution in [0, 0.1) is 6.92 Å². The van der Waals surface area contributed by atoms with Crippen LogP contribution >= 0.6 is 12.4 Å². The molecular formula is C20H32ClN3O3. The molecule has 0 spiro atoms. The van der Waals surface area contributed by atoms with E-state index in [4.69, 9.17) is 5.11 Å². The standard InChI is InChI=1S/C20H31N3O3.ClH/c1-15-7-4-5-8-17(15)13-21-20(26)16(2)23-11-6-9-18(10-12-23)22(3)14-19(24)25;/h4-5,7-8,16,18H,6,9-14H2,1-3H3,(H,21,26)(H,24,25);1H. The molecule has 2 unspecified atom stereocenters. The average molecular weight is 398 g/mol. The number of carbonyl (C=O) groups is 2. The van der Waals surface area contributed by atoms with Gasteiger partial charge in [0.25, 0.3) is 0 Å². The van der Waals surface area contributed by atoms with E-state index in [0.29, 0.717) is 6.54 Å². The number of likely N-dealkylation sites (N-methyl/N-ethyl adjacent to an activating group) is 1. The molecule has 1 saturated heterocycles. The average Bonchev–Trinajstić information content (AvgIpc) is 2.85. The Morgan fingerprint density at radius 1 is 1.30 bits per heavy atom. The van der Waals surface area contributed by atoms with Gasteiger partial charge in [0.2, 0.25) is 5.91 Å². The van der Waals surface area contributed by atoms with Gasteiger partial charge in [-0.3, -0.25) is 19.4 Å². The number of aryl methyl sites for hydroxylation is 1. The second-order valence-corrected chi connectivity index (χ2v) is 7.25. The summed E-state index contributed by atoms with van der Waals surface area (Å²) in [5, 5.41) is 12.0. The predicted molar refractivity (Wildman–Crippen MR) is 109 cm³/mol. The number of amides is 1. The molecule has 27 heavy (non-hydrogen) atoms. The number of nitrogens with one attached hydrogen (secondary N) is 1. The second kappa shape index (κ2) is 11.3. The molecule has 0 radical (unpaired) electrons. The fourth-order valence-electron chi connectivity index (χ4n) is 3.58. The van der Waals surface area contributed by atoms with Crippen molar-refractivity contribution in [1.29, 1.82) is 0 Å². The molecular weight excluding hydrogens is 366 g/mol. The molecule has 0 bridgehead atoms. The lowest BCUT2D eigenvalue weighted by Crippen LogP contribution is -2.45. The summed E-state index contributed by atoms with van der Waals surface area (Å²) in [5.41, 5.74) is 2.32. The summed E-state index contributed by atoms with van der Waals surface area (Å²) in [6, 6.07) is 8.15. The van der Waals surface area contributed by atoms with Crippen molar-refractivity contribution in [3.63, 3.8) is 0 Å². The highest BCUT2D eigenvalue weighted by Gasteiger charge is 2.26. The fraction of sp³-hybridized carbons (Fsp3) is 0.600. The highest BCUT2D eigenvalue weighted by molar-refractivity contribution is 5.85. The lowest BCUT2D eigenvalue weighted by Gasteiger charge is -2.28. The lowest BCUT2D eigenvalue weighted by atomic mass is 10.1. The van der Waals surface area contributed by atoms with Crippen LogP contribution in [-0.4, -0.2) is 65.5 Å². The zero-order valence-electron chi connectivity index (χ0n) is 16.5. The molecule has 0 aliphatic carbocycles. The molecule has 1 aliphatic heterocycles. The highest BCUT2D eigenvalue weighted by atomic mass is 35.5. The van der Waals surface area contributed by atoms with E-state index in [-0.39, 0.29) is 36.9 Å². The van der Waals surface area contributed by atoms with Crippen molar-refractivity contribution in [3.8, 4) is 0 Å². The van der Waals surface area contributed by atoms with Gasteiger partial charge in [-0.05, 0) is 57.8 Å². The molecule has 7 heteroatoms. The molecule has 1 aromatic rings. The van der Waals surface area contributed by atoms with Crippen molar-refractivity contribution in [2.45, 2.75) is 51.7 Å². The number of hydrogen-bond acceptors (Lipinski definition) is 4. The molecule has 2 rings (SSSR count). The van der Waals surface area contributed by atoms with Crippen LogP contribution in [0.25, 0.3) is 0 Å². The Kier molecular flexibility index (Phi) is 9.77. The van der Waals surface area contributed by atoms with Crippen molar-refractivity contribution >= 4 is 24.3 Å². The number of aliphatic carboxylic acids is 1. The van der Waals surface area contributed by atoms with Gasteiger partial charge in [-0.2, -0.15) is 0 Å². The Morgan fingerprint density at radius 3 is 2.67 bits per heavy atom. The Morgan fingerprint density at radius 2 is 2.00 bits per heavy atom. The van der Waals surface area contributed by atoms with E-state index < -0.39 is 5.97 Å². The Labute approximate surface area is 168 Å². The molecule has 2 atom stereocenters. The number of carboxylic acids is 1. The quantitative estimate of drug-likeness (QED) is 0.738. The summed E-state index contributed by atoms with van der Waals surface area (Å²) in [4.78, 5) is 27.6. The van der Waals surface area contributed by atoms with Crippen LogP contribution < -0.4 is 5.32 Å². The van der Waals surface area contributed by atoms with Crippen molar-refractivity contribution < 1.29 is 14.7 Å². The monoisotopic (exact) mass is 397 g/mol. The molecule has 152 valence electrons. The van der Waals surface area contributed by atoms with Gasteiger partial charge >= 0.3 is 5.97 Å². The zero-order valence-corrected chi connectivity index (χ0v) is 17.3. The van der Waals surface area contributed by atoms with Crippen LogP contribution in [-0.2, 0) is 16.1 Å². The van der Waals surface area contributed by atoms with Gasteiger partial charge in [0.1, 0.15) is 0 Å². The first-order chi connectivity index (χ1) is 12.4. The van der Waals surface area contributed by atoms with Gasteiger partial charge in [0.05, 0.1) is 12.6 Å². The van der Waals surface area contributed by atoms with E-state index in [2.05, 4.69) is 10.2 Å². The van der Waals surface area contributed by atoms with Crippen LogP contribution in [0.5, 0.6) is 0 Å². The van der Waals surface area contributed by atoms with E-state index in [9.17, 15) is 9.59 Å². The van der Waals surface area contributed by atoms with Gasteiger partial charge in [-0.1, -0.05) is 24.3 Å². The van der Waals surface area contributed by atoms with Crippen molar-refractivity contribution in [1.82, 2.24) is 15.1 Å². The third kappa shape index (κ3) is 7.13. The topological polar surface area (TPSA) is 72.9 Å². The van der Waals surface area contributed by atoms with Crippen LogP contribution in [0.15, 0.2) is 24.3 Å². The molecule has 1 fully saturated rings. The number of benzene rings is 1. The van der Waals surface area contributed by atoms with E-state index in [0.717, 1.165) is 37.9 Å². The second-order valence-electron chi connectivity index (χ2n) is 7.25. The molecule has 6 nitrogen and oxygen atoms in total. The maximum absolute atomic E-state index is 12.6. The first-order valence-electron chi connectivity index (χ1n) is 9.36. The number of rotatable bonds is 7. The molecule has 1 amide bonds. The smallest absolute Gasteiger partial charge is 0.317 e. The van der Waals surface area contributed by atoms with Crippen LogP contribution in [0.4, 0.5) is 0 Å². The molecule has 0 saturated carbocycles. The third-order valence-corrected chi connectivity index (χ3v) is 5.38. The molecule has 2 N–H and O–H groups in total. The summed E-state index contributed by atoms with van der Waals surface area (Å²) < 4.78 is 0. The summed E-state index contributed by atoms with van der Waals surface area (Å²) in [6.07, 6.45) is 2.83. The Balaban J connectivity index is 0.00000364. The summed E-state index contributed by atoms with van der Waals surface area (Å²) >= 11 is 0. The summed E-state index contributed by atoms with van der Waals surface area (Å²) in [6.45, 7) is 6.30. The maximum atomic E-state index is 12.6. The molecule has 1 aromatic carbocycles. The van der Waals surface area contributed by atoms with Gasteiger partial charge in [-0.25, -0.2) is 0 Å². The molecule has 0 aromatic heterocycles.